The Bertz CT molecular complexity index is 562. The molecule has 1 aromatic rings. The standard InChI is InChI=1S/C16H21ClN2O3/c1-22-14-7-4-6-13(17)12(14)10-16(21)19-8-3-2-5-11(19)9-15(18)20/h4,6-7,11H,2-3,5,8-10H2,1H3,(H2,18,20)/t11-/m1/s1. The van der Waals surface area contributed by atoms with Crippen LogP contribution in [0.2, 0.25) is 5.02 Å². The molecule has 1 aliphatic rings. The Labute approximate surface area is 135 Å². The van der Waals surface area contributed by atoms with Gasteiger partial charge in [-0.15, -0.1) is 0 Å². The Morgan fingerprint density at radius 1 is 1.41 bits per heavy atom. The molecule has 2 amide bonds. The number of hydrogen-bond donors (Lipinski definition) is 1. The second-order valence-corrected chi connectivity index (χ2v) is 5.91. The molecule has 0 saturated carbocycles. The Kier molecular flexibility index (Phi) is 5.66. The molecule has 22 heavy (non-hydrogen) atoms. The number of nitrogens with two attached hydrogens (primary N) is 1. The van der Waals surface area contributed by atoms with Crippen molar-refractivity contribution < 1.29 is 14.3 Å². The fraction of sp³-hybridized carbons (Fsp3) is 0.500. The molecule has 0 radical (unpaired) electrons. The van der Waals surface area contributed by atoms with Gasteiger partial charge in [0.1, 0.15) is 5.75 Å². The van der Waals surface area contributed by atoms with E-state index in [1.807, 2.05) is 0 Å². The van der Waals surface area contributed by atoms with Crippen LogP contribution in [-0.4, -0.2) is 36.4 Å². The van der Waals surface area contributed by atoms with Crippen LogP contribution >= 0.6 is 11.6 Å². The number of ether oxygens (including phenoxy) is 1. The van der Waals surface area contributed by atoms with Crippen molar-refractivity contribution in [1.29, 1.82) is 0 Å². The molecular weight excluding hydrogens is 304 g/mol. The van der Waals surface area contributed by atoms with E-state index in [-0.39, 0.29) is 30.7 Å². The average Bonchev–Trinajstić information content (AvgIpc) is 2.49. The Morgan fingerprint density at radius 2 is 2.18 bits per heavy atom. The van der Waals surface area contributed by atoms with Crippen molar-refractivity contribution in [2.24, 2.45) is 5.73 Å². The number of halogens is 1. The Balaban J connectivity index is 2.15. The largest absolute Gasteiger partial charge is 0.496 e. The maximum Gasteiger partial charge on any atom is 0.227 e. The topological polar surface area (TPSA) is 72.6 Å². The highest BCUT2D eigenvalue weighted by atomic mass is 35.5. The van der Waals surface area contributed by atoms with Gasteiger partial charge in [-0.25, -0.2) is 0 Å². The van der Waals surface area contributed by atoms with Crippen LogP contribution in [0, 0.1) is 0 Å². The second-order valence-electron chi connectivity index (χ2n) is 5.50. The molecule has 1 fully saturated rings. The SMILES string of the molecule is COc1cccc(Cl)c1CC(=O)N1CCCC[C@@H]1CC(N)=O. The quantitative estimate of drug-likeness (QED) is 0.902. The summed E-state index contributed by atoms with van der Waals surface area (Å²) in [5.41, 5.74) is 5.97. The number of piperidine rings is 1. The van der Waals surface area contributed by atoms with Gasteiger partial charge in [0.2, 0.25) is 11.8 Å². The van der Waals surface area contributed by atoms with Crippen molar-refractivity contribution in [3.8, 4) is 5.75 Å². The summed E-state index contributed by atoms with van der Waals surface area (Å²) < 4.78 is 5.28. The molecule has 5 nitrogen and oxygen atoms in total. The first-order valence-electron chi connectivity index (χ1n) is 7.42. The number of carbonyl (C=O) groups excluding carboxylic acids is 2. The highest BCUT2D eigenvalue weighted by molar-refractivity contribution is 6.31. The first kappa shape index (κ1) is 16.6. The number of primary amides is 1. The number of carbonyl (C=O) groups is 2. The van der Waals surface area contributed by atoms with Gasteiger partial charge in [0.15, 0.2) is 0 Å². The maximum absolute atomic E-state index is 12.6. The summed E-state index contributed by atoms with van der Waals surface area (Å²) >= 11 is 6.19. The van der Waals surface area contributed by atoms with Crippen molar-refractivity contribution >= 4 is 23.4 Å². The van der Waals surface area contributed by atoms with Gasteiger partial charge < -0.3 is 15.4 Å². The molecule has 120 valence electrons. The summed E-state index contributed by atoms with van der Waals surface area (Å²) in [6.45, 7) is 0.656. The van der Waals surface area contributed by atoms with Crippen LogP contribution < -0.4 is 10.5 Å². The van der Waals surface area contributed by atoms with E-state index in [0.717, 1.165) is 19.3 Å². The predicted octanol–water partition coefficient (Wildman–Crippen LogP) is 2.15. The van der Waals surface area contributed by atoms with Crippen LogP contribution in [0.1, 0.15) is 31.2 Å². The zero-order valence-corrected chi connectivity index (χ0v) is 13.4. The van der Waals surface area contributed by atoms with Crippen LogP contribution in [0.25, 0.3) is 0 Å². The fourth-order valence-corrected chi connectivity index (χ4v) is 3.16. The molecule has 1 saturated heterocycles. The third kappa shape index (κ3) is 3.91. The first-order chi connectivity index (χ1) is 10.5. The lowest BCUT2D eigenvalue weighted by Gasteiger charge is -2.35. The van der Waals surface area contributed by atoms with Crippen LogP contribution in [-0.2, 0) is 16.0 Å². The molecule has 0 aliphatic carbocycles. The van der Waals surface area contributed by atoms with Crippen molar-refractivity contribution in [1.82, 2.24) is 4.90 Å². The van der Waals surface area contributed by atoms with E-state index >= 15 is 0 Å². The first-order valence-corrected chi connectivity index (χ1v) is 7.80. The van der Waals surface area contributed by atoms with E-state index < -0.39 is 0 Å². The normalized spacial score (nSPS) is 18.1. The predicted molar refractivity (Wildman–Crippen MR) is 84.9 cm³/mol. The van der Waals surface area contributed by atoms with E-state index in [0.29, 0.717) is 22.9 Å². The third-order valence-corrected chi connectivity index (χ3v) is 4.36. The van der Waals surface area contributed by atoms with E-state index in [2.05, 4.69) is 0 Å². The van der Waals surface area contributed by atoms with Gasteiger partial charge in [-0.2, -0.15) is 0 Å². The van der Waals surface area contributed by atoms with Crippen LogP contribution in [0.5, 0.6) is 5.75 Å². The highest BCUT2D eigenvalue weighted by Crippen LogP contribution is 2.28. The van der Waals surface area contributed by atoms with E-state index in [1.54, 1.807) is 30.2 Å². The molecule has 1 atom stereocenters. The minimum Gasteiger partial charge on any atom is -0.496 e. The molecule has 0 spiro atoms. The molecule has 2 N–H and O–H groups in total. The second kappa shape index (κ2) is 7.49. The van der Waals surface area contributed by atoms with Crippen molar-refractivity contribution in [2.75, 3.05) is 13.7 Å². The number of methoxy groups -OCH3 is 1. The molecule has 0 unspecified atom stereocenters. The number of hydrogen-bond acceptors (Lipinski definition) is 3. The molecular formula is C16H21ClN2O3. The molecule has 1 aromatic carbocycles. The fourth-order valence-electron chi connectivity index (χ4n) is 2.93. The van der Waals surface area contributed by atoms with E-state index in [1.165, 1.54) is 0 Å². The molecule has 6 heteroatoms. The number of nitrogens with zero attached hydrogens (tertiary/aromatic N) is 1. The minimum absolute atomic E-state index is 0.0441. The highest BCUT2D eigenvalue weighted by Gasteiger charge is 2.28. The summed E-state index contributed by atoms with van der Waals surface area (Å²) in [6.07, 6.45) is 3.15. The molecule has 0 aromatic heterocycles. The summed E-state index contributed by atoms with van der Waals surface area (Å²) in [5, 5.41) is 0.510. The Morgan fingerprint density at radius 3 is 2.86 bits per heavy atom. The number of amides is 2. The van der Waals surface area contributed by atoms with E-state index in [4.69, 9.17) is 22.1 Å². The van der Waals surface area contributed by atoms with Gasteiger partial charge in [0.25, 0.3) is 0 Å². The smallest absolute Gasteiger partial charge is 0.227 e. The molecule has 0 bridgehead atoms. The van der Waals surface area contributed by atoms with Gasteiger partial charge >= 0.3 is 0 Å². The lowest BCUT2D eigenvalue weighted by Crippen LogP contribution is -2.46. The van der Waals surface area contributed by atoms with E-state index in [9.17, 15) is 9.59 Å². The molecule has 1 heterocycles. The number of rotatable bonds is 5. The van der Waals surface area contributed by atoms with Gasteiger partial charge in [0, 0.05) is 29.6 Å². The summed E-state index contributed by atoms with van der Waals surface area (Å²) in [7, 11) is 1.55. The molecule has 1 aliphatic heterocycles. The zero-order chi connectivity index (χ0) is 16.1. The lowest BCUT2D eigenvalue weighted by molar-refractivity contribution is -0.135. The van der Waals surface area contributed by atoms with Crippen molar-refractivity contribution in [2.45, 2.75) is 38.1 Å². The average molecular weight is 325 g/mol. The molecule has 2 rings (SSSR count). The van der Waals surface area contributed by atoms with Crippen LogP contribution in [0.3, 0.4) is 0 Å². The van der Waals surface area contributed by atoms with Crippen molar-refractivity contribution in [3.05, 3.63) is 28.8 Å². The van der Waals surface area contributed by atoms with Gasteiger partial charge in [-0.1, -0.05) is 17.7 Å². The van der Waals surface area contributed by atoms with Crippen LogP contribution in [0.15, 0.2) is 18.2 Å². The lowest BCUT2D eigenvalue weighted by atomic mass is 9.98. The van der Waals surface area contributed by atoms with Gasteiger partial charge in [0.05, 0.1) is 13.5 Å². The number of benzene rings is 1. The monoisotopic (exact) mass is 324 g/mol. The third-order valence-electron chi connectivity index (χ3n) is 4.01. The minimum atomic E-state index is -0.375. The van der Waals surface area contributed by atoms with Gasteiger partial charge in [-0.05, 0) is 31.4 Å². The number of likely N-dealkylation sites (tertiary alicyclic amines) is 1. The van der Waals surface area contributed by atoms with Gasteiger partial charge in [-0.3, -0.25) is 9.59 Å². The Hall–Kier alpha value is -1.75. The van der Waals surface area contributed by atoms with Crippen LogP contribution in [0.4, 0.5) is 0 Å². The summed E-state index contributed by atoms with van der Waals surface area (Å²) in [4.78, 5) is 25.6. The zero-order valence-electron chi connectivity index (χ0n) is 12.7. The maximum atomic E-state index is 12.6. The van der Waals surface area contributed by atoms with Crippen molar-refractivity contribution in [3.63, 3.8) is 0 Å². The summed E-state index contributed by atoms with van der Waals surface area (Å²) in [6, 6.07) is 5.20. The summed E-state index contributed by atoms with van der Waals surface area (Å²) in [5.74, 6) is 0.182.